The summed E-state index contributed by atoms with van der Waals surface area (Å²) < 4.78 is 5.20. The Labute approximate surface area is 94.6 Å². The highest BCUT2D eigenvalue weighted by Crippen LogP contribution is 2.35. The summed E-state index contributed by atoms with van der Waals surface area (Å²) in [5.41, 5.74) is 1.22. The van der Waals surface area contributed by atoms with Gasteiger partial charge < -0.3 is 15.4 Å². The molecular formula is C11H16N2OS. The minimum absolute atomic E-state index is 0.515. The fraction of sp³-hybridized carbons (Fsp3) is 0.455. The van der Waals surface area contributed by atoms with Crippen molar-refractivity contribution in [2.24, 2.45) is 0 Å². The van der Waals surface area contributed by atoms with Crippen molar-refractivity contribution in [3.05, 3.63) is 18.2 Å². The summed E-state index contributed by atoms with van der Waals surface area (Å²) in [7, 11) is 3.68. The molecule has 1 unspecified atom stereocenters. The number of methoxy groups -OCH3 is 1. The van der Waals surface area contributed by atoms with Crippen LogP contribution in [0.4, 0.5) is 5.69 Å². The maximum atomic E-state index is 5.20. The van der Waals surface area contributed by atoms with Crippen molar-refractivity contribution in [2.75, 3.05) is 31.8 Å². The molecule has 0 saturated heterocycles. The van der Waals surface area contributed by atoms with Crippen LogP contribution in [0.5, 0.6) is 5.75 Å². The van der Waals surface area contributed by atoms with Gasteiger partial charge in [0.05, 0.1) is 7.11 Å². The number of hydrogen-bond acceptors (Lipinski definition) is 4. The predicted molar refractivity (Wildman–Crippen MR) is 65.1 cm³/mol. The molecule has 0 radical (unpaired) electrons. The molecule has 3 nitrogen and oxygen atoms in total. The van der Waals surface area contributed by atoms with Crippen LogP contribution >= 0.6 is 11.8 Å². The van der Waals surface area contributed by atoms with E-state index >= 15 is 0 Å². The van der Waals surface area contributed by atoms with E-state index in [2.05, 4.69) is 22.8 Å². The number of benzene rings is 1. The van der Waals surface area contributed by atoms with E-state index in [1.165, 1.54) is 10.6 Å². The lowest BCUT2D eigenvalue weighted by atomic mass is 10.2. The third-order valence-corrected chi connectivity index (χ3v) is 3.66. The minimum atomic E-state index is 0.515. The number of fused-ring (bicyclic) bond motifs is 1. The number of anilines is 1. The Morgan fingerprint density at radius 2 is 2.47 bits per heavy atom. The summed E-state index contributed by atoms with van der Waals surface area (Å²) >= 11 is 1.88. The Kier molecular flexibility index (Phi) is 3.38. The van der Waals surface area contributed by atoms with Crippen molar-refractivity contribution in [3.8, 4) is 5.75 Å². The average Bonchev–Trinajstić information content (AvgIpc) is 2.29. The highest BCUT2D eigenvalue weighted by molar-refractivity contribution is 7.99. The zero-order valence-corrected chi connectivity index (χ0v) is 9.86. The molecule has 0 bridgehead atoms. The van der Waals surface area contributed by atoms with Crippen molar-refractivity contribution >= 4 is 17.4 Å². The van der Waals surface area contributed by atoms with Gasteiger partial charge in [0.15, 0.2) is 0 Å². The lowest BCUT2D eigenvalue weighted by Crippen LogP contribution is -2.35. The molecule has 1 aliphatic rings. The monoisotopic (exact) mass is 224 g/mol. The third kappa shape index (κ3) is 2.38. The van der Waals surface area contributed by atoms with Crippen LogP contribution in [0.3, 0.4) is 0 Å². The van der Waals surface area contributed by atoms with Crippen molar-refractivity contribution in [3.63, 3.8) is 0 Å². The van der Waals surface area contributed by atoms with Gasteiger partial charge in [0.1, 0.15) is 5.75 Å². The summed E-state index contributed by atoms with van der Waals surface area (Å²) in [6.45, 7) is 0.998. The smallest absolute Gasteiger partial charge is 0.120 e. The van der Waals surface area contributed by atoms with Crippen molar-refractivity contribution in [1.82, 2.24) is 5.32 Å². The number of thioether (sulfide) groups is 1. The van der Waals surface area contributed by atoms with Gasteiger partial charge in [0, 0.05) is 28.9 Å². The van der Waals surface area contributed by atoms with Gasteiger partial charge in [-0.15, -0.1) is 11.8 Å². The van der Waals surface area contributed by atoms with E-state index < -0.39 is 0 Å². The molecule has 4 heteroatoms. The van der Waals surface area contributed by atoms with E-state index in [9.17, 15) is 0 Å². The zero-order valence-electron chi connectivity index (χ0n) is 9.04. The second-order valence-corrected chi connectivity index (χ2v) is 4.63. The first-order valence-corrected chi connectivity index (χ1v) is 6.04. The number of ether oxygens (including phenoxy) is 1. The number of likely N-dealkylation sites (N-methyl/N-ethyl adjacent to an activating group) is 1. The SMILES string of the molecule is CNCC1CSc2cc(OC)ccc2N1. The normalized spacial score (nSPS) is 19.2. The van der Waals surface area contributed by atoms with Gasteiger partial charge in [-0.25, -0.2) is 0 Å². The molecule has 1 atom stereocenters. The van der Waals surface area contributed by atoms with Gasteiger partial charge in [0.2, 0.25) is 0 Å². The second kappa shape index (κ2) is 4.77. The highest BCUT2D eigenvalue weighted by atomic mass is 32.2. The first-order valence-electron chi connectivity index (χ1n) is 5.05. The van der Waals surface area contributed by atoms with Crippen LogP contribution < -0.4 is 15.4 Å². The molecule has 2 rings (SSSR count). The predicted octanol–water partition coefficient (Wildman–Crippen LogP) is 1.80. The number of hydrogen-bond donors (Lipinski definition) is 2. The van der Waals surface area contributed by atoms with E-state index in [0.29, 0.717) is 6.04 Å². The first-order chi connectivity index (χ1) is 7.33. The van der Waals surface area contributed by atoms with Gasteiger partial charge in [0.25, 0.3) is 0 Å². The van der Waals surface area contributed by atoms with Crippen molar-refractivity contribution in [2.45, 2.75) is 10.9 Å². The van der Waals surface area contributed by atoms with E-state index in [1.54, 1.807) is 7.11 Å². The molecule has 0 aliphatic carbocycles. The summed E-state index contributed by atoms with van der Waals surface area (Å²) in [6, 6.07) is 6.68. The quantitative estimate of drug-likeness (QED) is 0.820. The lowest BCUT2D eigenvalue weighted by Gasteiger charge is -2.26. The molecule has 0 aromatic heterocycles. The van der Waals surface area contributed by atoms with Crippen LogP contribution in [0.2, 0.25) is 0 Å². The molecule has 2 N–H and O–H groups in total. The molecule has 15 heavy (non-hydrogen) atoms. The summed E-state index contributed by atoms with van der Waals surface area (Å²) in [6.07, 6.45) is 0. The van der Waals surface area contributed by atoms with Crippen LogP contribution in [-0.2, 0) is 0 Å². The van der Waals surface area contributed by atoms with Crippen LogP contribution in [0.1, 0.15) is 0 Å². The third-order valence-electron chi connectivity index (χ3n) is 2.44. The molecule has 1 aliphatic heterocycles. The Morgan fingerprint density at radius 1 is 1.60 bits per heavy atom. The Hall–Kier alpha value is -0.870. The fourth-order valence-corrected chi connectivity index (χ4v) is 2.74. The Balaban J connectivity index is 2.13. The topological polar surface area (TPSA) is 33.3 Å². The molecule has 0 saturated carbocycles. The minimum Gasteiger partial charge on any atom is -0.497 e. The van der Waals surface area contributed by atoms with Crippen LogP contribution in [0.25, 0.3) is 0 Å². The van der Waals surface area contributed by atoms with Gasteiger partial charge >= 0.3 is 0 Å². The van der Waals surface area contributed by atoms with E-state index in [-0.39, 0.29) is 0 Å². The molecule has 1 aromatic carbocycles. The van der Waals surface area contributed by atoms with E-state index in [0.717, 1.165) is 18.0 Å². The number of nitrogens with one attached hydrogen (secondary N) is 2. The maximum absolute atomic E-state index is 5.20. The largest absolute Gasteiger partial charge is 0.497 e. The zero-order chi connectivity index (χ0) is 10.7. The van der Waals surface area contributed by atoms with Gasteiger partial charge in [-0.1, -0.05) is 0 Å². The molecule has 0 fully saturated rings. The Bertz CT molecular complexity index is 343. The molecule has 82 valence electrons. The molecule has 1 aromatic rings. The van der Waals surface area contributed by atoms with Crippen LogP contribution in [0, 0.1) is 0 Å². The van der Waals surface area contributed by atoms with E-state index in [1.807, 2.05) is 24.9 Å². The summed E-state index contributed by atoms with van der Waals surface area (Å²) in [5.74, 6) is 2.02. The average molecular weight is 224 g/mol. The van der Waals surface area contributed by atoms with Crippen molar-refractivity contribution < 1.29 is 4.74 Å². The first kappa shape index (κ1) is 10.6. The molecule has 1 heterocycles. The lowest BCUT2D eigenvalue weighted by molar-refractivity contribution is 0.413. The molecular weight excluding hydrogens is 208 g/mol. The fourth-order valence-electron chi connectivity index (χ4n) is 1.68. The van der Waals surface area contributed by atoms with E-state index in [4.69, 9.17) is 4.74 Å². The number of rotatable bonds is 3. The Morgan fingerprint density at radius 3 is 3.20 bits per heavy atom. The van der Waals surface area contributed by atoms with Gasteiger partial charge in [-0.2, -0.15) is 0 Å². The highest BCUT2D eigenvalue weighted by Gasteiger charge is 2.17. The standard InChI is InChI=1S/C11H16N2OS/c1-12-6-8-7-15-11-5-9(14-2)3-4-10(11)13-8/h3-5,8,12-13H,6-7H2,1-2H3. The second-order valence-electron chi connectivity index (χ2n) is 3.57. The summed E-state index contributed by atoms with van der Waals surface area (Å²) in [4.78, 5) is 1.28. The van der Waals surface area contributed by atoms with Crippen molar-refractivity contribution in [1.29, 1.82) is 0 Å². The molecule has 0 spiro atoms. The van der Waals surface area contributed by atoms with Gasteiger partial charge in [-0.3, -0.25) is 0 Å². The maximum Gasteiger partial charge on any atom is 0.120 e. The summed E-state index contributed by atoms with van der Waals surface area (Å²) in [5, 5.41) is 6.70. The van der Waals surface area contributed by atoms with Crippen LogP contribution in [-0.4, -0.2) is 32.5 Å². The van der Waals surface area contributed by atoms with Crippen LogP contribution in [0.15, 0.2) is 23.1 Å². The van der Waals surface area contributed by atoms with Gasteiger partial charge in [-0.05, 0) is 25.2 Å². The molecule has 0 amide bonds.